The number of rotatable bonds is 6. The van der Waals surface area contributed by atoms with Crippen molar-refractivity contribution in [3.8, 4) is 0 Å². The Kier molecular flexibility index (Phi) is 5.62. The van der Waals surface area contributed by atoms with E-state index in [9.17, 15) is 14.4 Å². The van der Waals surface area contributed by atoms with Gasteiger partial charge in [0.2, 0.25) is 5.91 Å². The molecule has 2 amide bonds. The zero-order valence-corrected chi connectivity index (χ0v) is 14.2. The van der Waals surface area contributed by atoms with Crippen molar-refractivity contribution < 1.29 is 19.5 Å². The molecule has 2 rings (SSSR count). The second-order valence-electron chi connectivity index (χ2n) is 5.91. The van der Waals surface area contributed by atoms with E-state index in [0.29, 0.717) is 22.2 Å². The molecular weight excluding hydrogens is 332 g/mol. The third-order valence-electron chi connectivity index (χ3n) is 3.86. The quantitative estimate of drug-likeness (QED) is 0.687. The maximum Gasteiger partial charge on any atom is 0.328 e. The van der Waals surface area contributed by atoms with Crippen LogP contribution in [0.1, 0.15) is 35.7 Å². The molecule has 1 saturated carbocycles. The summed E-state index contributed by atoms with van der Waals surface area (Å²) in [6.45, 7) is 3.66. The lowest BCUT2D eigenvalue weighted by Gasteiger charge is -2.17. The van der Waals surface area contributed by atoms with Gasteiger partial charge in [-0.2, -0.15) is 0 Å². The van der Waals surface area contributed by atoms with Gasteiger partial charge in [-0.05, 0) is 50.3 Å². The normalized spacial score (nSPS) is 15.1. The van der Waals surface area contributed by atoms with E-state index in [0.717, 1.165) is 25.0 Å². The average Bonchev–Trinajstić information content (AvgIpc) is 3.32. The molecule has 1 unspecified atom stereocenters. The summed E-state index contributed by atoms with van der Waals surface area (Å²) >= 11 is 6.03. The summed E-state index contributed by atoms with van der Waals surface area (Å²) in [6.07, 6.45) is 3.82. The summed E-state index contributed by atoms with van der Waals surface area (Å²) in [6, 6.07) is 3.16. The van der Waals surface area contributed by atoms with Crippen LogP contribution in [0.5, 0.6) is 0 Å². The van der Waals surface area contributed by atoms with Crippen LogP contribution in [0.25, 0.3) is 0 Å². The minimum absolute atomic E-state index is 0.0484. The molecular formula is C17H19ClN2O4. The van der Waals surface area contributed by atoms with Crippen LogP contribution in [0.2, 0.25) is 5.02 Å². The van der Waals surface area contributed by atoms with Gasteiger partial charge >= 0.3 is 5.97 Å². The summed E-state index contributed by atoms with van der Waals surface area (Å²) in [7, 11) is 0. The van der Waals surface area contributed by atoms with Crippen LogP contribution < -0.4 is 10.6 Å². The Hall–Kier alpha value is -2.34. The minimum Gasteiger partial charge on any atom is -0.478 e. The van der Waals surface area contributed by atoms with Crippen LogP contribution in [-0.4, -0.2) is 28.9 Å². The van der Waals surface area contributed by atoms with Crippen molar-refractivity contribution in [1.82, 2.24) is 5.32 Å². The standard InChI is InChI=1S/C17H19ClN2O4/c1-9-7-12(18)8-13(17(24)19-10(2)11-3-4-11)16(9)20-14(21)5-6-15(22)23/h5-8,10-11H,3-4H2,1-2H3,(H,19,24)(H,20,21)(H,22,23)/b6-5+. The van der Waals surface area contributed by atoms with Crippen molar-refractivity contribution in [2.75, 3.05) is 5.32 Å². The molecule has 24 heavy (non-hydrogen) atoms. The van der Waals surface area contributed by atoms with Gasteiger partial charge in [0.05, 0.1) is 11.3 Å². The molecule has 0 saturated heterocycles. The number of carbonyl (C=O) groups excluding carboxylic acids is 2. The first-order chi connectivity index (χ1) is 11.3. The van der Waals surface area contributed by atoms with E-state index in [4.69, 9.17) is 16.7 Å². The first kappa shape index (κ1) is 18.0. The Morgan fingerprint density at radius 1 is 1.29 bits per heavy atom. The number of nitrogens with one attached hydrogen (secondary N) is 2. The second-order valence-corrected chi connectivity index (χ2v) is 6.34. The lowest BCUT2D eigenvalue weighted by atomic mass is 10.1. The van der Waals surface area contributed by atoms with E-state index >= 15 is 0 Å². The van der Waals surface area contributed by atoms with Gasteiger partial charge < -0.3 is 15.7 Å². The smallest absolute Gasteiger partial charge is 0.328 e. The van der Waals surface area contributed by atoms with Crippen LogP contribution in [0, 0.1) is 12.8 Å². The van der Waals surface area contributed by atoms with Gasteiger partial charge in [-0.3, -0.25) is 9.59 Å². The van der Waals surface area contributed by atoms with Crippen molar-refractivity contribution >= 4 is 35.1 Å². The number of carboxylic acids is 1. The fourth-order valence-corrected chi connectivity index (χ4v) is 2.67. The third kappa shape index (κ3) is 4.83. The molecule has 1 atom stereocenters. The fraction of sp³-hybridized carbons (Fsp3) is 0.353. The molecule has 128 valence electrons. The van der Waals surface area contributed by atoms with E-state index < -0.39 is 11.9 Å². The van der Waals surface area contributed by atoms with Crippen LogP contribution >= 0.6 is 11.6 Å². The largest absolute Gasteiger partial charge is 0.478 e. The van der Waals surface area contributed by atoms with E-state index in [1.165, 1.54) is 6.07 Å². The summed E-state index contributed by atoms with van der Waals surface area (Å²) in [5.74, 6) is -1.69. The number of halogens is 1. The summed E-state index contributed by atoms with van der Waals surface area (Å²) in [5.41, 5.74) is 1.19. The highest BCUT2D eigenvalue weighted by atomic mass is 35.5. The Morgan fingerprint density at radius 2 is 1.96 bits per heavy atom. The van der Waals surface area contributed by atoms with Gasteiger partial charge in [0.25, 0.3) is 5.91 Å². The Labute approximate surface area is 144 Å². The average molecular weight is 351 g/mol. The number of aliphatic carboxylic acids is 1. The monoisotopic (exact) mass is 350 g/mol. The van der Waals surface area contributed by atoms with Crippen molar-refractivity contribution in [3.05, 3.63) is 40.4 Å². The van der Waals surface area contributed by atoms with Crippen LogP contribution in [0.15, 0.2) is 24.3 Å². The molecule has 1 fully saturated rings. The van der Waals surface area contributed by atoms with Crippen molar-refractivity contribution in [2.45, 2.75) is 32.7 Å². The van der Waals surface area contributed by atoms with E-state index in [2.05, 4.69) is 10.6 Å². The van der Waals surface area contributed by atoms with Crippen LogP contribution in [0.4, 0.5) is 5.69 Å². The zero-order valence-electron chi connectivity index (χ0n) is 13.4. The van der Waals surface area contributed by atoms with Gasteiger partial charge in [0, 0.05) is 23.2 Å². The fourth-order valence-electron chi connectivity index (χ4n) is 2.40. The van der Waals surface area contributed by atoms with Crippen LogP contribution in [0.3, 0.4) is 0 Å². The summed E-state index contributed by atoms with van der Waals surface area (Å²) in [5, 5.41) is 14.4. The molecule has 0 spiro atoms. The molecule has 0 bridgehead atoms. The number of hydrogen-bond acceptors (Lipinski definition) is 3. The predicted octanol–water partition coefficient (Wildman–Crippen LogP) is 2.76. The predicted molar refractivity (Wildman–Crippen MR) is 91.2 cm³/mol. The molecule has 1 aliphatic carbocycles. The Balaban J connectivity index is 2.24. The Morgan fingerprint density at radius 3 is 2.54 bits per heavy atom. The number of amides is 2. The minimum atomic E-state index is -1.23. The van der Waals surface area contributed by atoms with E-state index in [1.54, 1.807) is 13.0 Å². The van der Waals surface area contributed by atoms with E-state index in [-0.39, 0.29) is 17.5 Å². The summed E-state index contributed by atoms with van der Waals surface area (Å²) < 4.78 is 0. The molecule has 0 aromatic heterocycles. The lowest BCUT2D eigenvalue weighted by molar-refractivity contribution is -0.131. The molecule has 1 aromatic rings. The Bertz CT molecular complexity index is 711. The molecule has 0 aliphatic heterocycles. The number of anilines is 1. The highest BCUT2D eigenvalue weighted by Gasteiger charge is 2.29. The number of hydrogen-bond donors (Lipinski definition) is 3. The molecule has 1 aliphatic rings. The van der Waals surface area contributed by atoms with Gasteiger partial charge in [0.15, 0.2) is 0 Å². The van der Waals surface area contributed by atoms with Gasteiger partial charge in [-0.25, -0.2) is 4.79 Å². The maximum absolute atomic E-state index is 12.5. The molecule has 7 heteroatoms. The first-order valence-corrected chi connectivity index (χ1v) is 7.98. The summed E-state index contributed by atoms with van der Waals surface area (Å²) in [4.78, 5) is 34.9. The highest BCUT2D eigenvalue weighted by Crippen LogP contribution is 2.33. The topological polar surface area (TPSA) is 95.5 Å². The highest BCUT2D eigenvalue weighted by molar-refractivity contribution is 6.31. The van der Waals surface area contributed by atoms with Crippen LogP contribution in [-0.2, 0) is 9.59 Å². The molecule has 0 radical (unpaired) electrons. The van der Waals surface area contributed by atoms with E-state index in [1.807, 2.05) is 6.92 Å². The first-order valence-electron chi connectivity index (χ1n) is 7.61. The molecule has 1 aromatic carbocycles. The van der Waals surface area contributed by atoms with Gasteiger partial charge in [0.1, 0.15) is 0 Å². The number of aryl methyl sites for hydroxylation is 1. The SMILES string of the molecule is Cc1cc(Cl)cc(C(=O)NC(C)C2CC2)c1NC(=O)/C=C/C(=O)O. The van der Waals surface area contributed by atoms with Crippen molar-refractivity contribution in [1.29, 1.82) is 0 Å². The van der Waals surface area contributed by atoms with Gasteiger partial charge in [-0.15, -0.1) is 0 Å². The van der Waals surface area contributed by atoms with Crippen molar-refractivity contribution in [2.24, 2.45) is 5.92 Å². The van der Waals surface area contributed by atoms with Gasteiger partial charge in [-0.1, -0.05) is 11.6 Å². The zero-order chi connectivity index (χ0) is 17.9. The van der Waals surface area contributed by atoms with Crippen molar-refractivity contribution in [3.63, 3.8) is 0 Å². The number of carboxylic acid groups (broad SMARTS) is 1. The maximum atomic E-state index is 12.5. The molecule has 3 N–H and O–H groups in total. The number of benzene rings is 1. The molecule has 0 heterocycles. The molecule has 6 nitrogen and oxygen atoms in total. The second kappa shape index (κ2) is 7.49. The third-order valence-corrected chi connectivity index (χ3v) is 4.08. The lowest BCUT2D eigenvalue weighted by Crippen LogP contribution is -2.34. The number of carbonyl (C=O) groups is 3.